The van der Waals surface area contributed by atoms with Gasteiger partial charge in [-0.15, -0.1) is 0 Å². The Balaban J connectivity index is 1.32. The maximum absolute atomic E-state index is 4.48. The molecule has 7 nitrogen and oxygen atoms in total. The Hall–Kier alpha value is -3.09. The second-order valence-corrected chi connectivity index (χ2v) is 7.06. The smallest absolute Gasteiger partial charge is 0.225 e. The molecule has 2 N–H and O–H groups in total. The van der Waals surface area contributed by atoms with Crippen LogP contribution in [0.15, 0.2) is 47.8 Å². The molecule has 0 amide bonds. The number of hydrogen-bond donors (Lipinski definition) is 2. The minimum Gasteiger partial charge on any atom is -0.361 e. The molecule has 4 rings (SSSR count). The zero-order valence-electron chi connectivity index (χ0n) is 16.5. The molecular weight excluding hydrogens is 350 g/mol. The molecule has 0 saturated carbocycles. The molecule has 0 bridgehead atoms. The van der Waals surface area contributed by atoms with E-state index in [-0.39, 0.29) is 0 Å². The standard InChI is InChI=1S/C21H27N7/c1-16-5-3-6-18-19(16)17(15-26-18)7-10-25-20(22-2)27-11-13-28(14-12-27)21-23-8-4-9-24-21/h3-6,8-9,15,26H,7,10-14H2,1-2H3,(H,22,25). The number of aliphatic imine (C=N–C) groups is 1. The molecule has 1 aromatic carbocycles. The summed E-state index contributed by atoms with van der Waals surface area (Å²) in [6.45, 7) is 6.63. The second kappa shape index (κ2) is 8.29. The quantitative estimate of drug-likeness (QED) is 0.539. The molecule has 3 heterocycles. The van der Waals surface area contributed by atoms with Gasteiger partial charge in [0, 0.05) is 69.3 Å². The van der Waals surface area contributed by atoms with E-state index in [0.29, 0.717) is 0 Å². The van der Waals surface area contributed by atoms with Crippen molar-refractivity contribution in [2.75, 3.05) is 44.7 Å². The summed E-state index contributed by atoms with van der Waals surface area (Å²) in [6.07, 6.45) is 6.67. The second-order valence-electron chi connectivity index (χ2n) is 7.06. The van der Waals surface area contributed by atoms with Gasteiger partial charge in [-0.05, 0) is 36.6 Å². The largest absolute Gasteiger partial charge is 0.361 e. The highest BCUT2D eigenvalue weighted by molar-refractivity contribution is 5.86. The zero-order valence-corrected chi connectivity index (χ0v) is 16.5. The van der Waals surface area contributed by atoms with Gasteiger partial charge in [-0.25, -0.2) is 9.97 Å². The zero-order chi connectivity index (χ0) is 19.3. The van der Waals surface area contributed by atoms with Crippen LogP contribution in [0.25, 0.3) is 10.9 Å². The number of fused-ring (bicyclic) bond motifs is 1. The van der Waals surface area contributed by atoms with Gasteiger partial charge in [0.1, 0.15) is 0 Å². The fourth-order valence-electron chi connectivity index (χ4n) is 3.86. The van der Waals surface area contributed by atoms with E-state index in [0.717, 1.165) is 51.1 Å². The van der Waals surface area contributed by atoms with Crippen molar-refractivity contribution in [1.82, 2.24) is 25.2 Å². The van der Waals surface area contributed by atoms with Crippen molar-refractivity contribution in [2.45, 2.75) is 13.3 Å². The molecule has 2 aromatic heterocycles. The lowest BCUT2D eigenvalue weighted by Gasteiger charge is -2.36. The van der Waals surface area contributed by atoms with E-state index < -0.39 is 0 Å². The van der Waals surface area contributed by atoms with Crippen LogP contribution >= 0.6 is 0 Å². The van der Waals surface area contributed by atoms with Crippen molar-refractivity contribution < 1.29 is 0 Å². The molecule has 0 radical (unpaired) electrons. The van der Waals surface area contributed by atoms with E-state index in [1.807, 2.05) is 13.1 Å². The molecule has 0 unspecified atom stereocenters. The summed E-state index contributed by atoms with van der Waals surface area (Å²) in [5.41, 5.74) is 3.87. The Morgan fingerprint density at radius 1 is 1.14 bits per heavy atom. The van der Waals surface area contributed by atoms with Crippen LogP contribution in [-0.2, 0) is 6.42 Å². The van der Waals surface area contributed by atoms with E-state index in [1.54, 1.807) is 12.4 Å². The third-order valence-corrected chi connectivity index (χ3v) is 5.30. The number of benzene rings is 1. The lowest BCUT2D eigenvalue weighted by molar-refractivity contribution is 0.370. The topological polar surface area (TPSA) is 72.4 Å². The molecule has 1 fully saturated rings. The number of aromatic amines is 1. The van der Waals surface area contributed by atoms with Crippen LogP contribution in [0.5, 0.6) is 0 Å². The highest BCUT2D eigenvalue weighted by atomic mass is 15.4. The highest BCUT2D eigenvalue weighted by Gasteiger charge is 2.21. The summed E-state index contributed by atoms with van der Waals surface area (Å²) in [4.78, 5) is 21.1. The molecule has 0 aliphatic carbocycles. The number of hydrogen-bond acceptors (Lipinski definition) is 4. The van der Waals surface area contributed by atoms with E-state index >= 15 is 0 Å². The Labute approximate surface area is 165 Å². The summed E-state index contributed by atoms with van der Waals surface area (Å²) >= 11 is 0. The van der Waals surface area contributed by atoms with Gasteiger partial charge in [0.15, 0.2) is 5.96 Å². The van der Waals surface area contributed by atoms with Gasteiger partial charge >= 0.3 is 0 Å². The summed E-state index contributed by atoms with van der Waals surface area (Å²) in [6, 6.07) is 8.25. The van der Waals surface area contributed by atoms with Crippen LogP contribution in [0.1, 0.15) is 11.1 Å². The minimum absolute atomic E-state index is 0.805. The average molecular weight is 377 g/mol. The Morgan fingerprint density at radius 3 is 2.68 bits per heavy atom. The number of anilines is 1. The summed E-state index contributed by atoms with van der Waals surface area (Å²) in [5.74, 6) is 1.77. The number of H-pyrrole nitrogens is 1. The van der Waals surface area contributed by atoms with E-state index in [2.05, 4.69) is 66.4 Å². The minimum atomic E-state index is 0.805. The predicted molar refractivity (Wildman–Crippen MR) is 114 cm³/mol. The Bertz CT molecular complexity index is 940. The third-order valence-electron chi connectivity index (χ3n) is 5.30. The summed E-state index contributed by atoms with van der Waals surface area (Å²) in [5, 5.41) is 4.87. The van der Waals surface area contributed by atoms with E-state index in [4.69, 9.17) is 0 Å². The van der Waals surface area contributed by atoms with Gasteiger partial charge in [-0.1, -0.05) is 12.1 Å². The van der Waals surface area contributed by atoms with Crippen LogP contribution in [0, 0.1) is 6.92 Å². The van der Waals surface area contributed by atoms with Gasteiger partial charge in [-0.3, -0.25) is 4.99 Å². The fraction of sp³-hybridized carbons (Fsp3) is 0.381. The van der Waals surface area contributed by atoms with Crippen LogP contribution in [0.4, 0.5) is 5.95 Å². The van der Waals surface area contributed by atoms with Gasteiger partial charge in [0.25, 0.3) is 0 Å². The van der Waals surface area contributed by atoms with Gasteiger partial charge < -0.3 is 20.1 Å². The maximum atomic E-state index is 4.48. The molecule has 1 aliphatic heterocycles. The van der Waals surface area contributed by atoms with Gasteiger partial charge in [-0.2, -0.15) is 0 Å². The number of nitrogens with zero attached hydrogens (tertiary/aromatic N) is 5. The van der Waals surface area contributed by atoms with Crippen molar-refractivity contribution >= 4 is 22.8 Å². The third kappa shape index (κ3) is 3.78. The normalized spacial score (nSPS) is 15.3. The summed E-state index contributed by atoms with van der Waals surface area (Å²) < 4.78 is 0. The van der Waals surface area contributed by atoms with Crippen molar-refractivity contribution in [3.05, 3.63) is 54.0 Å². The first-order chi connectivity index (χ1) is 13.8. The highest BCUT2D eigenvalue weighted by Crippen LogP contribution is 2.22. The number of piperazine rings is 1. The average Bonchev–Trinajstić information content (AvgIpc) is 3.16. The number of guanidine groups is 1. The van der Waals surface area contributed by atoms with Crippen LogP contribution in [-0.4, -0.2) is 65.6 Å². The number of nitrogens with one attached hydrogen (secondary N) is 2. The first kappa shape index (κ1) is 18.3. The molecule has 7 heteroatoms. The maximum Gasteiger partial charge on any atom is 0.225 e. The van der Waals surface area contributed by atoms with E-state index in [9.17, 15) is 0 Å². The number of aromatic nitrogens is 3. The first-order valence-corrected chi connectivity index (χ1v) is 9.79. The van der Waals surface area contributed by atoms with Gasteiger partial charge in [0.05, 0.1) is 0 Å². The molecule has 0 atom stereocenters. The lowest BCUT2D eigenvalue weighted by atomic mass is 10.1. The SMILES string of the molecule is CN=C(NCCc1c[nH]c2cccc(C)c12)N1CCN(c2ncccn2)CC1. The molecular formula is C21H27N7. The predicted octanol–water partition coefficient (Wildman–Crippen LogP) is 2.21. The Morgan fingerprint density at radius 2 is 1.93 bits per heavy atom. The fourth-order valence-corrected chi connectivity index (χ4v) is 3.86. The number of rotatable bonds is 4. The first-order valence-electron chi connectivity index (χ1n) is 9.79. The van der Waals surface area contributed by atoms with Crippen molar-refractivity contribution in [2.24, 2.45) is 4.99 Å². The molecule has 146 valence electrons. The number of aryl methyl sites for hydroxylation is 1. The van der Waals surface area contributed by atoms with Crippen LogP contribution in [0.2, 0.25) is 0 Å². The van der Waals surface area contributed by atoms with E-state index in [1.165, 1.54) is 22.0 Å². The van der Waals surface area contributed by atoms with Crippen LogP contribution < -0.4 is 10.2 Å². The Kier molecular flexibility index (Phi) is 5.41. The van der Waals surface area contributed by atoms with Gasteiger partial charge in [0.2, 0.25) is 5.95 Å². The molecule has 0 spiro atoms. The monoisotopic (exact) mass is 377 g/mol. The molecule has 28 heavy (non-hydrogen) atoms. The van der Waals surface area contributed by atoms with Crippen molar-refractivity contribution in [3.8, 4) is 0 Å². The molecule has 1 saturated heterocycles. The van der Waals surface area contributed by atoms with Crippen molar-refractivity contribution in [1.29, 1.82) is 0 Å². The lowest BCUT2D eigenvalue weighted by Crippen LogP contribution is -2.53. The van der Waals surface area contributed by atoms with Crippen molar-refractivity contribution in [3.63, 3.8) is 0 Å². The summed E-state index contributed by atoms with van der Waals surface area (Å²) in [7, 11) is 1.85. The molecule has 1 aliphatic rings. The van der Waals surface area contributed by atoms with Crippen LogP contribution in [0.3, 0.4) is 0 Å². The molecule has 3 aromatic rings.